The van der Waals surface area contributed by atoms with E-state index < -0.39 is 5.60 Å². The van der Waals surface area contributed by atoms with E-state index >= 15 is 0 Å². The van der Waals surface area contributed by atoms with Gasteiger partial charge >= 0.3 is 0 Å². The molecule has 2 aromatic rings. The number of rotatable bonds is 11. The monoisotopic (exact) mass is 531 g/mol. The van der Waals surface area contributed by atoms with Crippen LogP contribution in [0.5, 0.6) is 5.75 Å². The van der Waals surface area contributed by atoms with Crippen LogP contribution in [0.3, 0.4) is 0 Å². The lowest BCUT2D eigenvalue weighted by molar-refractivity contribution is 0.0386. The molecule has 168 valence electrons. The fourth-order valence-corrected chi connectivity index (χ4v) is 2.72. The van der Waals surface area contributed by atoms with Crippen molar-refractivity contribution in [3.63, 3.8) is 0 Å². The van der Waals surface area contributed by atoms with Crippen molar-refractivity contribution in [3.8, 4) is 5.75 Å². The lowest BCUT2D eigenvalue weighted by atomic mass is 10.0. The summed E-state index contributed by atoms with van der Waals surface area (Å²) in [4.78, 5) is 4.64. The van der Waals surface area contributed by atoms with E-state index in [0.717, 1.165) is 16.9 Å². The predicted molar refractivity (Wildman–Crippen MR) is 130 cm³/mol. The third-order valence-corrected chi connectivity index (χ3v) is 4.32. The van der Waals surface area contributed by atoms with Crippen molar-refractivity contribution in [2.75, 3.05) is 32.9 Å². The van der Waals surface area contributed by atoms with Crippen LogP contribution in [0.25, 0.3) is 0 Å². The first kappa shape index (κ1) is 26.3. The highest BCUT2D eigenvalue weighted by Crippen LogP contribution is 2.22. The number of furan rings is 1. The van der Waals surface area contributed by atoms with E-state index in [9.17, 15) is 5.11 Å². The molecule has 1 aromatic carbocycles. The highest BCUT2D eigenvalue weighted by molar-refractivity contribution is 14.0. The molecule has 0 spiro atoms. The number of hydrogen-bond acceptors (Lipinski definition) is 5. The lowest BCUT2D eigenvalue weighted by Gasteiger charge is -2.22. The van der Waals surface area contributed by atoms with Gasteiger partial charge in [-0.15, -0.1) is 24.0 Å². The third kappa shape index (κ3) is 8.53. The van der Waals surface area contributed by atoms with E-state index in [2.05, 4.69) is 15.6 Å². The molecule has 3 N–H and O–H groups in total. The van der Waals surface area contributed by atoms with Gasteiger partial charge in [0.25, 0.3) is 0 Å². The van der Waals surface area contributed by atoms with Gasteiger partial charge in [-0.2, -0.15) is 0 Å². The standard InChI is InChI=1S/C22H33N3O4.HI/c1-5-23-21(25-16-22(4,26)20-8-7-11-29-20)24-15-18-10-9-17(3)14-19(18)28-13-12-27-6-2;/h7-11,14,26H,5-6,12-13,15-16H2,1-4H3,(H2,23,24,25);1H. The summed E-state index contributed by atoms with van der Waals surface area (Å²) < 4.78 is 16.6. The Bertz CT molecular complexity index is 764. The second-order valence-electron chi connectivity index (χ2n) is 6.96. The predicted octanol–water partition coefficient (Wildman–Crippen LogP) is 3.58. The van der Waals surface area contributed by atoms with Crippen LogP contribution in [0.15, 0.2) is 46.0 Å². The Morgan fingerprint density at radius 2 is 2.00 bits per heavy atom. The summed E-state index contributed by atoms with van der Waals surface area (Å²) in [6.45, 7) is 10.8. The minimum atomic E-state index is -1.14. The van der Waals surface area contributed by atoms with Gasteiger partial charge in [-0.25, -0.2) is 4.99 Å². The number of hydrogen-bond donors (Lipinski definition) is 3. The molecular formula is C22H34IN3O4. The molecule has 0 radical (unpaired) electrons. The molecule has 0 fully saturated rings. The smallest absolute Gasteiger partial charge is 0.191 e. The molecule has 1 aromatic heterocycles. The average molecular weight is 531 g/mol. The Hall–Kier alpha value is -1.78. The number of halogens is 1. The number of benzene rings is 1. The maximum atomic E-state index is 10.6. The van der Waals surface area contributed by atoms with Crippen molar-refractivity contribution >= 4 is 29.9 Å². The van der Waals surface area contributed by atoms with Crippen LogP contribution in [-0.2, 0) is 16.9 Å². The summed E-state index contributed by atoms with van der Waals surface area (Å²) in [5, 5.41) is 17.0. The van der Waals surface area contributed by atoms with Gasteiger partial charge in [-0.1, -0.05) is 12.1 Å². The molecule has 8 heteroatoms. The summed E-state index contributed by atoms with van der Waals surface area (Å²) in [5.41, 5.74) is 0.975. The van der Waals surface area contributed by atoms with Crippen LogP contribution in [0.4, 0.5) is 0 Å². The summed E-state index contributed by atoms with van der Waals surface area (Å²) in [6, 6.07) is 9.59. The minimum absolute atomic E-state index is 0. The van der Waals surface area contributed by atoms with Gasteiger partial charge in [-0.05, 0) is 51.5 Å². The van der Waals surface area contributed by atoms with Crippen LogP contribution >= 0.6 is 24.0 Å². The van der Waals surface area contributed by atoms with E-state index in [1.807, 2.05) is 39.0 Å². The van der Waals surface area contributed by atoms with Gasteiger partial charge in [-0.3, -0.25) is 0 Å². The molecule has 0 aliphatic heterocycles. The first-order valence-electron chi connectivity index (χ1n) is 10.0. The van der Waals surface area contributed by atoms with Crippen LogP contribution in [0.2, 0.25) is 0 Å². The van der Waals surface area contributed by atoms with Gasteiger partial charge in [0.05, 0.1) is 26.0 Å². The van der Waals surface area contributed by atoms with Gasteiger partial charge in [0.1, 0.15) is 23.7 Å². The number of aliphatic imine (C=N–C) groups is 1. The Morgan fingerprint density at radius 3 is 2.67 bits per heavy atom. The van der Waals surface area contributed by atoms with Gasteiger partial charge in [0.2, 0.25) is 0 Å². The lowest BCUT2D eigenvalue weighted by Crippen LogP contribution is -2.44. The Kier molecular flexibility index (Phi) is 11.8. The first-order chi connectivity index (χ1) is 14.0. The fourth-order valence-electron chi connectivity index (χ4n) is 2.72. The topological polar surface area (TPSA) is 88.3 Å². The van der Waals surface area contributed by atoms with Gasteiger partial charge in [0, 0.05) is 18.7 Å². The molecule has 0 aliphatic rings. The Balaban J connectivity index is 0.00000450. The molecule has 2 rings (SSSR count). The normalized spacial score (nSPS) is 13.3. The van der Waals surface area contributed by atoms with Crippen molar-refractivity contribution in [3.05, 3.63) is 53.5 Å². The number of nitrogens with zero attached hydrogens (tertiary/aromatic N) is 1. The molecule has 30 heavy (non-hydrogen) atoms. The fraction of sp³-hybridized carbons (Fsp3) is 0.500. The maximum absolute atomic E-state index is 10.6. The summed E-state index contributed by atoms with van der Waals surface area (Å²) in [6.07, 6.45) is 1.55. The zero-order valence-electron chi connectivity index (χ0n) is 18.2. The molecule has 0 aliphatic carbocycles. The van der Waals surface area contributed by atoms with Crippen molar-refractivity contribution < 1.29 is 19.0 Å². The van der Waals surface area contributed by atoms with Crippen LogP contribution < -0.4 is 15.4 Å². The van der Waals surface area contributed by atoms with E-state index in [4.69, 9.17) is 13.9 Å². The third-order valence-electron chi connectivity index (χ3n) is 4.32. The Labute approximate surface area is 196 Å². The minimum Gasteiger partial charge on any atom is -0.491 e. The van der Waals surface area contributed by atoms with Gasteiger partial charge in [0.15, 0.2) is 5.96 Å². The summed E-state index contributed by atoms with van der Waals surface area (Å²) >= 11 is 0. The number of guanidine groups is 1. The SMILES string of the molecule is CCNC(=NCc1ccc(C)cc1OCCOCC)NCC(C)(O)c1ccco1.I. The van der Waals surface area contributed by atoms with Crippen LogP contribution in [0.1, 0.15) is 37.7 Å². The van der Waals surface area contributed by atoms with Crippen molar-refractivity contribution in [1.82, 2.24) is 10.6 Å². The summed E-state index contributed by atoms with van der Waals surface area (Å²) in [7, 11) is 0. The van der Waals surface area contributed by atoms with Crippen molar-refractivity contribution in [2.45, 2.75) is 39.8 Å². The zero-order valence-corrected chi connectivity index (χ0v) is 20.6. The molecule has 0 saturated heterocycles. The zero-order chi connectivity index (χ0) is 21.1. The quantitative estimate of drug-likeness (QED) is 0.178. The largest absolute Gasteiger partial charge is 0.491 e. The second-order valence-corrected chi connectivity index (χ2v) is 6.96. The Morgan fingerprint density at radius 1 is 1.20 bits per heavy atom. The number of aryl methyl sites for hydroxylation is 1. The highest BCUT2D eigenvalue weighted by Gasteiger charge is 2.26. The molecule has 1 heterocycles. The highest BCUT2D eigenvalue weighted by atomic mass is 127. The molecular weight excluding hydrogens is 497 g/mol. The van der Waals surface area contributed by atoms with Crippen molar-refractivity contribution in [1.29, 1.82) is 0 Å². The van der Waals surface area contributed by atoms with E-state index in [1.165, 1.54) is 0 Å². The van der Waals surface area contributed by atoms with Crippen molar-refractivity contribution in [2.24, 2.45) is 4.99 Å². The molecule has 7 nitrogen and oxygen atoms in total. The summed E-state index contributed by atoms with van der Waals surface area (Å²) in [5.74, 6) is 1.93. The van der Waals surface area contributed by atoms with E-state index in [0.29, 0.717) is 44.6 Å². The molecule has 0 saturated carbocycles. The maximum Gasteiger partial charge on any atom is 0.191 e. The second kappa shape index (κ2) is 13.5. The molecule has 1 unspecified atom stereocenters. The molecule has 0 amide bonds. The molecule has 0 bridgehead atoms. The molecule has 1 atom stereocenters. The van der Waals surface area contributed by atoms with Crippen LogP contribution in [0, 0.1) is 6.92 Å². The van der Waals surface area contributed by atoms with E-state index in [1.54, 1.807) is 25.3 Å². The number of ether oxygens (including phenoxy) is 2. The number of nitrogens with one attached hydrogen (secondary N) is 2. The van der Waals surface area contributed by atoms with Gasteiger partial charge < -0.3 is 29.6 Å². The average Bonchev–Trinajstić information content (AvgIpc) is 3.24. The first-order valence-corrected chi connectivity index (χ1v) is 10.0. The van der Waals surface area contributed by atoms with Crippen LogP contribution in [-0.4, -0.2) is 44.0 Å². The number of aliphatic hydroxyl groups is 1. The van der Waals surface area contributed by atoms with E-state index in [-0.39, 0.29) is 30.5 Å².